The largest absolute Gasteiger partial charge is 0.399 e. The quantitative estimate of drug-likeness (QED) is 0.670. The van der Waals surface area contributed by atoms with E-state index in [-0.39, 0.29) is 23.8 Å². The molecule has 0 aliphatic heterocycles. The first-order valence-corrected chi connectivity index (χ1v) is 7.30. The molecule has 5 nitrogen and oxygen atoms in total. The van der Waals surface area contributed by atoms with E-state index in [1.807, 2.05) is 45.0 Å². The van der Waals surface area contributed by atoms with Crippen LogP contribution < -0.4 is 16.4 Å². The minimum absolute atomic E-state index is 0.0446. The molecule has 0 heterocycles. The number of amides is 2. The molecule has 1 atom stereocenters. The van der Waals surface area contributed by atoms with Gasteiger partial charge in [-0.05, 0) is 37.5 Å². The molecule has 0 aromatic heterocycles. The minimum Gasteiger partial charge on any atom is -0.399 e. The molecule has 0 bridgehead atoms. The topological polar surface area (TPSA) is 84.2 Å². The van der Waals surface area contributed by atoms with Crippen LogP contribution in [0.25, 0.3) is 0 Å². The summed E-state index contributed by atoms with van der Waals surface area (Å²) >= 11 is 0. The summed E-state index contributed by atoms with van der Waals surface area (Å²) in [6.07, 6.45) is 0.704. The predicted molar refractivity (Wildman–Crippen MR) is 84.8 cm³/mol. The second-order valence-corrected chi connectivity index (χ2v) is 5.59. The van der Waals surface area contributed by atoms with Gasteiger partial charge in [0.1, 0.15) is 0 Å². The standard InChI is InChI=1S/C16H25N3O2/c1-11(2)19-15(20)8-9-18-16(21)10-12(3)13-4-6-14(17)7-5-13/h4-7,11-12H,8-10,17H2,1-3H3,(H,18,21)(H,19,20). The van der Waals surface area contributed by atoms with Gasteiger partial charge in [0.2, 0.25) is 11.8 Å². The first kappa shape index (κ1) is 17.0. The molecule has 0 spiro atoms. The van der Waals surface area contributed by atoms with Crippen molar-refractivity contribution in [3.05, 3.63) is 29.8 Å². The van der Waals surface area contributed by atoms with E-state index >= 15 is 0 Å². The van der Waals surface area contributed by atoms with Crippen LogP contribution in [-0.2, 0) is 9.59 Å². The minimum atomic E-state index is -0.0447. The van der Waals surface area contributed by atoms with Gasteiger partial charge < -0.3 is 16.4 Å². The van der Waals surface area contributed by atoms with Gasteiger partial charge in [-0.1, -0.05) is 19.1 Å². The normalized spacial score (nSPS) is 12.0. The SMILES string of the molecule is CC(C)NC(=O)CCNC(=O)CC(C)c1ccc(N)cc1. The van der Waals surface area contributed by atoms with Gasteiger partial charge in [0.15, 0.2) is 0 Å². The predicted octanol–water partition coefficient (Wildman–Crippen LogP) is 1.79. The fourth-order valence-corrected chi connectivity index (χ4v) is 2.00. The Morgan fingerprint density at radius 2 is 1.71 bits per heavy atom. The van der Waals surface area contributed by atoms with Crippen LogP contribution in [0.4, 0.5) is 5.69 Å². The lowest BCUT2D eigenvalue weighted by atomic mass is 9.97. The molecule has 0 radical (unpaired) electrons. The highest BCUT2D eigenvalue weighted by atomic mass is 16.2. The van der Waals surface area contributed by atoms with Crippen molar-refractivity contribution in [1.82, 2.24) is 10.6 Å². The van der Waals surface area contributed by atoms with Gasteiger partial charge in [-0.3, -0.25) is 9.59 Å². The van der Waals surface area contributed by atoms with Gasteiger partial charge in [0.25, 0.3) is 0 Å². The third kappa shape index (κ3) is 6.79. The van der Waals surface area contributed by atoms with Gasteiger partial charge in [-0.25, -0.2) is 0 Å². The van der Waals surface area contributed by atoms with E-state index in [0.717, 1.165) is 5.56 Å². The highest BCUT2D eigenvalue weighted by Gasteiger charge is 2.11. The molecule has 1 unspecified atom stereocenters. The Labute approximate surface area is 126 Å². The number of carbonyl (C=O) groups excluding carboxylic acids is 2. The molecular formula is C16H25N3O2. The highest BCUT2D eigenvalue weighted by Crippen LogP contribution is 2.19. The summed E-state index contributed by atoms with van der Waals surface area (Å²) in [5.41, 5.74) is 7.43. The Hall–Kier alpha value is -2.04. The number of nitrogen functional groups attached to an aromatic ring is 1. The van der Waals surface area contributed by atoms with E-state index in [4.69, 9.17) is 5.73 Å². The van der Waals surface area contributed by atoms with E-state index in [1.54, 1.807) is 0 Å². The van der Waals surface area contributed by atoms with Crippen LogP contribution >= 0.6 is 0 Å². The summed E-state index contributed by atoms with van der Waals surface area (Å²) in [6, 6.07) is 7.66. The maximum absolute atomic E-state index is 11.8. The molecule has 5 heteroatoms. The van der Waals surface area contributed by atoms with Gasteiger partial charge in [-0.2, -0.15) is 0 Å². The second kappa shape index (κ2) is 8.29. The molecule has 2 amide bonds. The second-order valence-electron chi connectivity index (χ2n) is 5.59. The average Bonchev–Trinajstić information content (AvgIpc) is 2.38. The van der Waals surface area contributed by atoms with Gasteiger partial charge in [-0.15, -0.1) is 0 Å². The number of rotatable bonds is 7. The Morgan fingerprint density at radius 1 is 1.10 bits per heavy atom. The average molecular weight is 291 g/mol. The Balaban J connectivity index is 2.30. The number of anilines is 1. The van der Waals surface area contributed by atoms with Crippen LogP contribution in [0, 0.1) is 0 Å². The Morgan fingerprint density at radius 3 is 2.29 bits per heavy atom. The zero-order valence-corrected chi connectivity index (χ0v) is 13.0. The number of hydrogen-bond donors (Lipinski definition) is 3. The van der Waals surface area contributed by atoms with Gasteiger partial charge in [0.05, 0.1) is 0 Å². The molecule has 0 fully saturated rings. The van der Waals surface area contributed by atoms with Crippen molar-refractivity contribution in [3.8, 4) is 0 Å². The highest BCUT2D eigenvalue weighted by molar-refractivity contribution is 5.79. The maximum atomic E-state index is 11.8. The molecule has 0 saturated carbocycles. The lowest BCUT2D eigenvalue weighted by molar-refractivity contribution is -0.122. The first-order chi connectivity index (χ1) is 9.88. The summed E-state index contributed by atoms with van der Waals surface area (Å²) in [5, 5.41) is 5.56. The smallest absolute Gasteiger partial charge is 0.221 e. The third-order valence-electron chi connectivity index (χ3n) is 3.12. The van der Waals surface area contributed by atoms with Crippen molar-refractivity contribution in [1.29, 1.82) is 0 Å². The summed E-state index contributed by atoms with van der Waals surface area (Å²) < 4.78 is 0. The molecular weight excluding hydrogens is 266 g/mol. The molecule has 21 heavy (non-hydrogen) atoms. The fraction of sp³-hybridized carbons (Fsp3) is 0.500. The summed E-state index contributed by atoms with van der Waals surface area (Å²) in [5.74, 6) is 0.0312. The molecule has 0 aliphatic carbocycles. The number of hydrogen-bond acceptors (Lipinski definition) is 3. The van der Waals surface area contributed by atoms with E-state index < -0.39 is 0 Å². The van der Waals surface area contributed by atoms with E-state index in [2.05, 4.69) is 10.6 Å². The lowest BCUT2D eigenvalue weighted by Gasteiger charge is -2.13. The van der Waals surface area contributed by atoms with Crippen LogP contribution in [0.2, 0.25) is 0 Å². The fourth-order valence-electron chi connectivity index (χ4n) is 2.00. The van der Waals surface area contributed by atoms with Crippen LogP contribution in [0.1, 0.15) is 45.1 Å². The monoisotopic (exact) mass is 291 g/mol. The van der Waals surface area contributed by atoms with Crippen LogP contribution in [-0.4, -0.2) is 24.4 Å². The summed E-state index contributed by atoms with van der Waals surface area (Å²) in [6.45, 7) is 6.18. The zero-order valence-electron chi connectivity index (χ0n) is 13.0. The zero-order chi connectivity index (χ0) is 15.8. The molecule has 0 saturated heterocycles. The van der Waals surface area contributed by atoms with E-state index in [0.29, 0.717) is 25.1 Å². The van der Waals surface area contributed by atoms with Crippen molar-refractivity contribution >= 4 is 17.5 Å². The third-order valence-corrected chi connectivity index (χ3v) is 3.12. The molecule has 1 rings (SSSR count). The molecule has 116 valence electrons. The lowest BCUT2D eigenvalue weighted by Crippen LogP contribution is -2.34. The van der Waals surface area contributed by atoms with Crippen LogP contribution in [0.15, 0.2) is 24.3 Å². The Bertz CT molecular complexity index is 469. The summed E-state index contributed by atoms with van der Waals surface area (Å²) in [4.78, 5) is 23.3. The number of benzene rings is 1. The van der Waals surface area contributed by atoms with Gasteiger partial charge in [0, 0.05) is 31.1 Å². The number of nitrogens with two attached hydrogens (primary N) is 1. The number of carbonyl (C=O) groups is 2. The summed E-state index contributed by atoms with van der Waals surface area (Å²) in [7, 11) is 0. The Kier molecular flexibility index (Phi) is 6.72. The van der Waals surface area contributed by atoms with Crippen molar-refractivity contribution in [2.24, 2.45) is 0 Å². The van der Waals surface area contributed by atoms with Crippen molar-refractivity contribution in [2.45, 2.75) is 45.6 Å². The molecule has 0 aliphatic rings. The van der Waals surface area contributed by atoms with Crippen LogP contribution in [0.5, 0.6) is 0 Å². The van der Waals surface area contributed by atoms with E-state index in [1.165, 1.54) is 0 Å². The maximum Gasteiger partial charge on any atom is 0.221 e. The van der Waals surface area contributed by atoms with Gasteiger partial charge >= 0.3 is 0 Å². The van der Waals surface area contributed by atoms with E-state index in [9.17, 15) is 9.59 Å². The molecule has 1 aromatic carbocycles. The van der Waals surface area contributed by atoms with Crippen molar-refractivity contribution < 1.29 is 9.59 Å². The molecule has 4 N–H and O–H groups in total. The molecule has 1 aromatic rings. The van der Waals surface area contributed by atoms with Crippen molar-refractivity contribution in [2.75, 3.05) is 12.3 Å². The first-order valence-electron chi connectivity index (χ1n) is 7.30. The van der Waals surface area contributed by atoms with Crippen LogP contribution in [0.3, 0.4) is 0 Å². The van der Waals surface area contributed by atoms with Crippen molar-refractivity contribution in [3.63, 3.8) is 0 Å². The number of nitrogens with one attached hydrogen (secondary N) is 2.